The smallest absolute Gasteiger partial charge is 0.323 e. The topological polar surface area (TPSA) is 66.8 Å². The second-order valence-electron chi connectivity index (χ2n) is 4.03. The van der Waals surface area contributed by atoms with E-state index in [0.29, 0.717) is 6.42 Å². The molecule has 1 N–H and O–H groups in total. The fourth-order valence-corrected chi connectivity index (χ4v) is 1.53. The van der Waals surface area contributed by atoms with Crippen molar-refractivity contribution < 1.29 is 23.8 Å². The van der Waals surface area contributed by atoms with Gasteiger partial charge in [0.15, 0.2) is 17.7 Å². The monoisotopic (exact) mass is 269 g/mol. The standard InChI is InChI=1S/C13H16FNO4/c1-3-10(13(18)15(2)8-12(16)17)19-11-7-5-4-6-9(11)14/h4-7,10H,3,8H2,1-2H3,(H,16,17). The van der Waals surface area contributed by atoms with Gasteiger partial charge in [-0.3, -0.25) is 9.59 Å². The first-order chi connectivity index (χ1) is 8.95. The minimum atomic E-state index is -1.11. The summed E-state index contributed by atoms with van der Waals surface area (Å²) >= 11 is 0. The number of carboxylic acid groups (broad SMARTS) is 1. The summed E-state index contributed by atoms with van der Waals surface area (Å²) in [5, 5.41) is 8.63. The van der Waals surface area contributed by atoms with Gasteiger partial charge >= 0.3 is 5.97 Å². The average molecular weight is 269 g/mol. The number of benzene rings is 1. The van der Waals surface area contributed by atoms with Crippen LogP contribution in [0.5, 0.6) is 5.75 Å². The first kappa shape index (κ1) is 14.9. The predicted molar refractivity (Wildman–Crippen MR) is 66.4 cm³/mol. The molecule has 0 fully saturated rings. The van der Waals surface area contributed by atoms with Gasteiger partial charge in [0.25, 0.3) is 5.91 Å². The zero-order valence-corrected chi connectivity index (χ0v) is 10.8. The highest BCUT2D eigenvalue weighted by Crippen LogP contribution is 2.18. The number of carbonyl (C=O) groups excluding carboxylic acids is 1. The number of nitrogens with zero attached hydrogens (tertiary/aromatic N) is 1. The number of hydrogen-bond donors (Lipinski definition) is 1. The van der Waals surface area contributed by atoms with Crippen molar-refractivity contribution in [3.05, 3.63) is 30.1 Å². The maximum Gasteiger partial charge on any atom is 0.323 e. The molecule has 1 aromatic carbocycles. The van der Waals surface area contributed by atoms with Crippen LogP contribution >= 0.6 is 0 Å². The molecule has 0 aliphatic heterocycles. The van der Waals surface area contributed by atoms with Crippen LogP contribution in [0.1, 0.15) is 13.3 Å². The highest BCUT2D eigenvalue weighted by Gasteiger charge is 2.24. The van der Waals surface area contributed by atoms with Crippen molar-refractivity contribution >= 4 is 11.9 Å². The minimum Gasteiger partial charge on any atom is -0.480 e. The molecule has 1 atom stereocenters. The molecule has 1 amide bonds. The van der Waals surface area contributed by atoms with Crippen molar-refractivity contribution in [2.45, 2.75) is 19.4 Å². The molecule has 0 aliphatic carbocycles. The molecule has 0 bridgehead atoms. The molecule has 0 spiro atoms. The molecule has 1 unspecified atom stereocenters. The maximum atomic E-state index is 13.4. The van der Waals surface area contributed by atoms with E-state index in [0.717, 1.165) is 4.90 Å². The Labute approximate surface area is 110 Å². The molecular weight excluding hydrogens is 253 g/mol. The number of amides is 1. The molecule has 0 aromatic heterocycles. The lowest BCUT2D eigenvalue weighted by molar-refractivity contribution is -0.146. The third-order valence-electron chi connectivity index (χ3n) is 2.50. The van der Waals surface area contributed by atoms with Gasteiger partial charge in [-0.1, -0.05) is 19.1 Å². The molecule has 0 saturated heterocycles. The van der Waals surface area contributed by atoms with Crippen LogP contribution in [0, 0.1) is 5.82 Å². The van der Waals surface area contributed by atoms with E-state index < -0.39 is 30.3 Å². The van der Waals surface area contributed by atoms with E-state index in [9.17, 15) is 14.0 Å². The number of likely N-dealkylation sites (N-methyl/N-ethyl adjacent to an activating group) is 1. The van der Waals surface area contributed by atoms with Crippen molar-refractivity contribution in [3.63, 3.8) is 0 Å². The Balaban J connectivity index is 2.75. The number of carboxylic acids is 1. The fraction of sp³-hybridized carbons (Fsp3) is 0.385. The van der Waals surface area contributed by atoms with Crippen LogP contribution in [-0.2, 0) is 9.59 Å². The van der Waals surface area contributed by atoms with Crippen molar-refractivity contribution in [2.75, 3.05) is 13.6 Å². The average Bonchev–Trinajstić information content (AvgIpc) is 2.36. The van der Waals surface area contributed by atoms with Gasteiger partial charge in [0, 0.05) is 7.05 Å². The number of rotatable bonds is 6. The van der Waals surface area contributed by atoms with Crippen LogP contribution < -0.4 is 4.74 Å². The first-order valence-corrected chi connectivity index (χ1v) is 5.83. The second-order valence-corrected chi connectivity index (χ2v) is 4.03. The maximum absolute atomic E-state index is 13.4. The van der Waals surface area contributed by atoms with E-state index in [1.807, 2.05) is 0 Å². The SMILES string of the molecule is CCC(Oc1ccccc1F)C(=O)N(C)CC(=O)O. The number of ether oxygens (including phenoxy) is 1. The predicted octanol–water partition coefficient (Wildman–Crippen LogP) is 1.53. The Morgan fingerprint density at radius 3 is 2.58 bits per heavy atom. The van der Waals surface area contributed by atoms with Crippen molar-refractivity contribution in [1.82, 2.24) is 4.90 Å². The molecule has 6 heteroatoms. The van der Waals surface area contributed by atoms with Crippen LogP contribution in [0.2, 0.25) is 0 Å². The third-order valence-corrected chi connectivity index (χ3v) is 2.50. The van der Waals surface area contributed by atoms with Gasteiger partial charge in [-0.2, -0.15) is 0 Å². The summed E-state index contributed by atoms with van der Waals surface area (Å²) in [6, 6.07) is 5.76. The van der Waals surface area contributed by atoms with E-state index >= 15 is 0 Å². The van der Waals surface area contributed by atoms with Gasteiger partial charge in [-0.15, -0.1) is 0 Å². The number of carbonyl (C=O) groups is 2. The van der Waals surface area contributed by atoms with Gasteiger partial charge in [0.05, 0.1) is 0 Å². The molecule has 19 heavy (non-hydrogen) atoms. The van der Waals surface area contributed by atoms with Crippen molar-refractivity contribution in [3.8, 4) is 5.75 Å². The van der Waals surface area contributed by atoms with Gasteiger partial charge in [0.1, 0.15) is 6.54 Å². The molecular formula is C13H16FNO4. The highest BCUT2D eigenvalue weighted by molar-refractivity contribution is 5.84. The molecule has 0 aliphatic rings. The van der Waals surface area contributed by atoms with E-state index in [4.69, 9.17) is 9.84 Å². The summed E-state index contributed by atoms with van der Waals surface area (Å²) in [6.07, 6.45) is -0.585. The lowest BCUT2D eigenvalue weighted by Crippen LogP contribution is -2.41. The van der Waals surface area contributed by atoms with Crippen molar-refractivity contribution in [1.29, 1.82) is 0 Å². The summed E-state index contributed by atoms with van der Waals surface area (Å²) in [5.74, 6) is -2.19. The summed E-state index contributed by atoms with van der Waals surface area (Å²) in [4.78, 5) is 23.5. The van der Waals surface area contributed by atoms with Gasteiger partial charge in [-0.05, 0) is 18.6 Å². The normalized spacial score (nSPS) is 11.7. The molecule has 0 radical (unpaired) electrons. The first-order valence-electron chi connectivity index (χ1n) is 5.83. The Kier molecular flexibility index (Phi) is 5.29. The third kappa shape index (κ3) is 4.24. The van der Waals surface area contributed by atoms with Gasteiger partial charge < -0.3 is 14.7 Å². The Morgan fingerprint density at radius 2 is 2.05 bits per heavy atom. The molecule has 5 nitrogen and oxygen atoms in total. The zero-order chi connectivity index (χ0) is 14.4. The molecule has 1 aromatic rings. The fourth-order valence-electron chi connectivity index (χ4n) is 1.53. The summed E-state index contributed by atoms with van der Waals surface area (Å²) < 4.78 is 18.7. The number of para-hydroxylation sites is 1. The van der Waals surface area contributed by atoms with Crippen LogP contribution in [0.15, 0.2) is 24.3 Å². The van der Waals surface area contributed by atoms with Crippen LogP contribution in [-0.4, -0.2) is 41.6 Å². The van der Waals surface area contributed by atoms with E-state index in [1.54, 1.807) is 13.0 Å². The van der Waals surface area contributed by atoms with E-state index in [1.165, 1.54) is 25.2 Å². The van der Waals surface area contributed by atoms with E-state index in [2.05, 4.69) is 0 Å². The molecule has 0 saturated carbocycles. The minimum absolute atomic E-state index is 0.0218. The summed E-state index contributed by atoms with van der Waals surface area (Å²) in [7, 11) is 1.36. The highest BCUT2D eigenvalue weighted by atomic mass is 19.1. The Hall–Kier alpha value is -2.11. The zero-order valence-electron chi connectivity index (χ0n) is 10.8. The molecule has 1 rings (SSSR count). The Bertz CT molecular complexity index is 464. The Morgan fingerprint density at radius 1 is 1.42 bits per heavy atom. The van der Waals surface area contributed by atoms with Gasteiger partial charge in [0.2, 0.25) is 0 Å². The lowest BCUT2D eigenvalue weighted by atomic mass is 10.2. The quantitative estimate of drug-likeness (QED) is 0.850. The number of halogens is 1. The van der Waals surface area contributed by atoms with Crippen molar-refractivity contribution in [2.24, 2.45) is 0 Å². The second kappa shape index (κ2) is 6.72. The number of hydrogen-bond acceptors (Lipinski definition) is 3. The molecule has 0 heterocycles. The largest absolute Gasteiger partial charge is 0.480 e. The number of aliphatic carboxylic acids is 1. The summed E-state index contributed by atoms with van der Waals surface area (Å²) in [5.41, 5.74) is 0. The molecule has 104 valence electrons. The van der Waals surface area contributed by atoms with Crippen LogP contribution in [0.4, 0.5) is 4.39 Å². The summed E-state index contributed by atoms with van der Waals surface area (Å²) in [6.45, 7) is 1.29. The van der Waals surface area contributed by atoms with Crippen LogP contribution in [0.25, 0.3) is 0 Å². The van der Waals surface area contributed by atoms with Crippen LogP contribution in [0.3, 0.4) is 0 Å². The van der Waals surface area contributed by atoms with Gasteiger partial charge in [-0.25, -0.2) is 4.39 Å². The lowest BCUT2D eigenvalue weighted by Gasteiger charge is -2.22. The van der Waals surface area contributed by atoms with E-state index in [-0.39, 0.29) is 5.75 Å².